The third kappa shape index (κ3) is 3.48. The molecule has 0 fully saturated rings. The van der Waals surface area contributed by atoms with Crippen LogP contribution in [-0.2, 0) is 0 Å². The number of pyridine rings is 1. The molecule has 0 aliphatic carbocycles. The SMILES string of the molecule is Cc1cn(-c2ccccc2)c(=O)c2ccc(-n3c4ccccc4c4cc(-n5c6ccccc6c6ccccc65)ccc43)cc12. The molecule has 4 heteroatoms. The van der Waals surface area contributed by atoms with Crippen molar-refractivity contribution < 1.29 is 0 Å². The maximum atomic E-state index is 13.6. The first kappa shape index (κ1) is 24.7. The van der Waals surface area contributed by atoms with Crippen LogP contribution in [0.5, 0.6) is 0 Å². The molecule has 9 rings (SSSR count). The van der Waals surface area contributed by atoms with E-state index >= 15 is 0 Å². The van der Waals surface area contributed by atoms with E-state index in [0.717, 1.165) is 39.0 Å². The average Bonchev–Trinajstić information content (AvgIpc) is 3.59. The normalized spacial score (nSPS) is 11.8. The fourth-order valence-electron chi connectivity index (χ4n) is 6.99. The van der Waals surface area contributed by atoms with E-state index in [1.54, 1.807) is 4.57 Å². The Kier molecular flexibility index (Phi) is 5.23. The molecule has 9 aromatic rings. The Morgan fingerprint density at radius 3 is 1.50 bits per heavy atom. The van der Waals surface area contributed by atoms with Gasteiger partial charge in [-0.3, -0.25) is 9.36 Å². The molecule has 0 atom stereocenters. The van der Waals surface area contributed by atoms with E-state index < -0.39 is 0 Å². The van der Waals surface area contributed by atoms with Gasteiger partial charge in [-0.2, -0.15) is 0 Å². The summed E-state index contributed by atoms with van der Waals surface area (Å²) >= 11 is 0. The summed E-state index contributed by atoms with van der Waals surface area (Å²) in [5.41, 5.74) is 8.74. The molecule has 0 bridgehead atoms. The van der Waals surface area contributed by atoms with E-state index in [4.69, 9.17) is 0 Å². The highest BCUT2D eigenvalue weighted by atomic mass is 16.1. The van der Waals surface area contributed by atoms with Crippen LogP contribution >= 0.6 is 0 Å². The maximum absolute atomic E-state index is 13.6. The number of fused-ring (bicyclic) bond motifs is 7. The minimum atomic E-state index is -0.0126. The van der Waals surface area contributed by atoms with Crippen molar-refractivity contribution in [2.45, 2.75) is 6.92 Å². The van der Waals surface area contributed by atoms with Gasteiger partial charge in [0.15, 0.2) is 0 Å². The molecule has 3 heterocycles. The molecule has 0 radical (unpaired) electrons. The molecule has 208 valence electrons. The average molecular weight is 566 g/mol. The number of rotatable bonds is 3. The highest BCUT2D eigenvalue weighted by Gasteiger charge is 2.17. The topological polar surface area (TPSA) is 31.9 Å². The van der Waals surface area contributed by atoms with Crippen molar-refractivity contribution >= 4 is 54.4 Å². The van der Waals surface area contributed by atoms with Crippen LogP contribution in [0.1, 0.15) is 5.56 Å². The Morgan fingerprint density at radius 2 is 0.886 bits per heavy atom. The van der Waals surface area contributed by atoms with Crippen molar-refractivity contribution in [3.8, 4) is 17.1 Å². The lowest BCUT2D eigenvalue weighted by atomic mass is 10.1. The summed E-state index contributed by atoms with van der Waals surface area (Å²) in [5, 5.41) is 6.57. The molecular formula is C40H27N3O. The summed E-state index contributed by atoms with van der Waals surface area (Å²) in [6.07, 6.45) is 1.95. The van der Waals surface area contributed by atoms with Crippen LogP contribution < -0.4 is 5.56 Å². The number of aromatic nitrogens is 3. The number of hydrogen-bond donors (Lipinski definition) is 0. The molecule has 0 aliphatic heterocycles. The van der Waals surface area contributed by atoms with Gasteiger partial charge in [-0.05, 0) is 84.6 Å². The molecule has 0 spiro atoms. The van der Waals surface area contributed by atoms with Crippen LogP contribution in [0.25, 0.3) is 71.4 Å². The second-order valence-electron chi connectivity index (χ2n) is 11.5. The molecule has 4 nitrogen and oxygen atoms in total. The quantitative estimate of drug-likeness (QED) is 0.210. The fourth-order valence-corrected chi connectivity index (χ4v) is 6.99. The number of benzene rings is 6. The highest BCUT2D eigenvalue weighted by molar-refractivity contribution is 6.12. The molecular weight excluding hydrogens is 538 g/mol. The van der Waals surface area contributed by atoms with Gasteiger partial charge in [0.25, 0.3) is 5.56 Å². The van der Waals surface area contributed by atoms with Crippen molar-refractivity contribution in [2.24, 2.45) is 0 Å². The van der Waals surface area contributed by atoms with Crippen LogP contribution in [-0.4, -0.2) is 13.7 Å². The maximum Gasteiger partial charge on any atom is 0.262 e. The molecule has 0 N–H and O–H groups in total. The van der Waals surface area contributed by atoms with Crippen LogP contribution in [0.3, 0.4) is 0 Å². The minimum absolute atomic E-state index is 0.0126. The van der Waals surface area contributed by atoms with Gasteiger partial charge in [-0.1, -0.05) is 72.8 Å². The second kappa shape index (κ2) is 9.32. The van der Waals surface area contributed by atoms with Gasteiger partial charge in [0.2, 0.25) is 0 Å². The molecule has 0 unspecified atom stereocenters. The number of nitrogens with zero attached hydrogens (tertiary/aromatic N) is 3. The predicted octanol–water partition coefficient (Wildman–Crippen LogP) is 9.49. The van der Waals surface area contributed by atoms with Gasteiger partial charge in [-0.25, -0.2) is 0 Å². The van der Waals surface area contributed by atoms with Crippen LogP contribution in [0.2, 0.25) is 0 Å². The van der Waals surface area contributed by atoms with E-state index in [-0.39, 0.29) is 5.56 Å². The Morgan fingerprint density at radius 1 is 0.409 bits per heavy atom. The molecule has 0 saturated heterocycles. The Hall–Kier alpha value is -5.87. The summed E-state index contributed by atoms with van der Waals surface area (Å²) in [7, 11) is 0. The lowest BCUT2D eigenvalue weighted by Crippen LogP contribution is -2.18. The Labute approximate surface area is 253 Å². The first-order valence-electron chi connectivity index (χ1n) is 14.9. The number of para-hydroxylation sites is 4. The zero-order chi connectivity index (χ0) is 29.4. The van der Waals surface area contributed by atoms with E-state index in [9.17, 15) is 4.79 Å². The molecule has 0 aliphatic rings. The molecule has 6 aromatic carbocycles. The van der Waals surface area contributed by atoms with Gasteiger partial charge < -0.3 is 9.13 Å². The Bertz CT molecular complexity index is 2580. The van der Waals surface area contributed by atoms with Crippen molar-refractivity contribution in [1.29, 1.82) is 0 Å². The Balaban J connectivity index is 1.28. The lowest BCUT2D eigenvalue weighted by Gasteiger charge is -2.13. The molecule has 3 aromatic heterocycles. The van der Waals surface area contributed by atoms with Gasteiger partial charge >= 0.3 is 0 Å². The van der Waals surface area contributed by atoms with E-state index in [2.05, 4.69) is 119 Å². The number of aryl methyl sites for hydroxylation is 1. The van der Waals surface area contributed by atoms with Crippen molar-refractivity contribution in [2.75, 3.05) is 0 Å². The monoisotopic (exact) mass is 565 g/mol. The smallest absolute Gasteiger partial charge is 0.262 e. The summed E-state index contributed by atoms with van der Waals surface area (Å²) < 4.78 is 6.43. The van der Waals surface area contributed by atoms with E-state index in [1.807, 2.05) is 42.6 Å². The second-order valence-corrected chi connectivity index (χ2v) is 11.5. The van der Waals surface area contributed by atoms with Crippen molar-refractivity contribution in [3.05, 3.63) is 162 Å². The summed E-state index contributed by atoms with van der Waals surface area (Å²) in [6, 6.07) is 48.6. The van der Waals surface area contributed by atoms with Crippen LogP contribution in [0, 0.1) is 6.92 Å². The number of hydrogen-bond acceptors (Lipinski definition) is 1. The van der Waals surface area contributed by atoms with Gasteiger partial charge in [0, 0.05) is 50.2 Å². The van der Waals surface area contributed by atoms with Crippen LogP contribution in [0.4, 0.5) is 0 Å². The zero-order valence-corrected chi connectivity index (χ0v) is 24.1. The molecule has 44 heavy (non-hydrogen) atoms. The highest BCUT2D eigenvalue weighted by Crippen LogP contribution is 2.37. The molecule has 0 saturated carbocycles. The first-order chi connectivity index (χ1) is 21.7. The van der Waals surface area contributed by atoms with Crippen molar-refractivity contribution in [3.63, 3.8) is 0 Å². The first-order valence-corrected chi connectivity index (χ1v) is 14.9. The minimum Gasteiger partial charge on any atom is -0.309 e. The largest absolute Gasteiger partial charge is 0.309 e. The lowest BCUT2D eigenvalue weighted by molar-refractivity contribution is 0.996. The summed E-state index contributed by atoms with van der Waals surface area (Å²) in [6.45, 7) is 2.08. The van der Waals surface area contributed by atoms with E-state index in [1.165, 1.54) is 32.6 Å². The zero-order valence-electron chi connectivity index (χ0n) is 24.1. The third-order valence-electron chi connectivity index (χ3n) is 8.99. The van der Waals surface area contributed by atoms with Crippen LogP contribution in [0.15, 0.2) is 151 Å². The van der Waals surface area contributed by atoms with Gasteiger partial charge in [0.05, 0.1) is 22.1 Å². The fraction of sp³-hybridized carbons (Fsp3) is 0.0250. The molecule has 0 amide bonds. The standard InChI is InChI=1S/C40H27N3O/c1-26-25-41(27-11-3-2-4-12-27)40(44)33-21-19-28(23-34(26)33)43-38-18-10-7-15-32(38)35-24-29(20-22-39(35)43)42-36-16-8-5-13-30(36)31-14-6-9-17-37(31)42/h2-25H,1H3. The summed E-state index contributed by atoms with van der Waals surface area (Å²) in [4.78, 5) is 13.6. The van der Waals surface area contributed by atoms with Gasteiger partial charge in [0.1, 0.15) is 0 Å². The van der Waals surface area contributed by atoms with Gasteiger partial charge in [-0.15, -0.1) is 0 Å². The van der Waals surface area contributed by atoms with Crippen molar-refractivity contribution in [1.82, 2.24) is 13.7 Å². The third-order valence-corrected chi connectivity index (χ3v) is 8.99. The van der Waals surface area contributed by atoms with E-state index in [0.29, 0.717) is 5.39 Å². The predicted molar refractivity (Wildman–Crippen MR) is 183 cm³/mol. The summed E-state index contributed by atoms with van der Waals surface area (Å²) in [5.74, 6) is 0.